The number of benzene rings is 3. The van der Waals surface area contributed by atoms with E-state index in [1.807, 2.05) is 66.7 Å². The minimum Gasteiger partial charge on any atom is -0.497 e. The third kappa shape index (κ3) is 4.48. The number of ketones is 1. The Balaban J connectivity index is 1.54. The van der Waals surface area contributed by atoms with Gasteiger partial charge in [0.25, 0.3) is 0 Å². The second-order valence-electron chi connectivity index (χ2n) is 5.67. The molecule has 0 unspecified atom stereocenters. The van der Waals surface area contributed by atoms with Gasteiger partial charge in [-0.15, -0.1) is 0 Å². The molecule has 3 heteroatoms. The van der Waals surface area contributed by atoms with Gasteiger partial charge in [-0.1, -0.05) is 42.5 Å². The topological polar surface area (TPSA) is 35.5 Å². The third-order valence-corrected chi connectivity index (χ3v) is 3.97. The third-order valence-electron chi connectivity index (χ3n) is 3.97. The molecule has 3 aromatic carbocycles. The van der Waals surface area contributed by atoms with Gasteiger partial charge in [0.15, 0.2) is 5.78 Å². The van der Waals surface area contributed by atoms with Gasteiger partial charge in [-0.05, 0) is 42.0 Å². The van der Waals surface area contributed by atoms with Gasteiger partial charge in [0.2, 0.25) is 0 Å². The molecule has 0 aliphatic heterocycles. The highest BCUT2D eigenvalue weighted by Gasteiger charge is 2.08. The van der Waals surface area contributed by atoms with Gasteiger partial charge in [0.1, 0.15) is 11.5 Å². The first kappa shape index (κ1) is 16.8. The van der Waals surface area contributed by atoms with E-state index in [0.29, 0.717) is 17.7 Å². The molecule has 0 atom stereocenters. The van der Waals surface area contributed by atoms with Crippen LogP contribution in [0.4, 0.5) is 0 Å². The lowest BCUT2D eigenvalue weighted by Crippen LogP contribution is -2.03. The van der Waals surface area contributed by atoms with E-state index in [4.69, 9.17) is 9.47 Å². The van der Waals surface area contributed by atoms with Gasteiger partial charge in [-0.25, -0.2) is 0 Å². The predicted octanol–water partition coefficient (Wildman–Crippen LogP) is 4.55. The second kappa shape index (κ2) is 8.15. The first-order chi connectivity index (χ1) is 12.3. The fraction of sp³-hybridized carbons (Fsp3) is 0.136. The first-order valence-corrected chi connectivity index (χ1v) is 8.22. The van der Waals surface area contributed by atoms with Crippen molar-refractivity contribution in [2.45, 2.75) is 6.42 Å². The number of hydrogen-bond donors (Lipinski definition) is 0. The highest BCUT2D eigenvalue weighted by Crippen LogP contribution is 2.16. The Morgan fingerprint density at radius 1 is 0.760 bits per heavy atom. The van der Waals surface area contributed by atoms with Crippen molar-refractivity contribution in [3.05, 3.63) is 95.6 Å². The molecule has 0 fully saturated rings. The molecule has 3 nitrogen and oxygen atoms in total. The van der Waals surface area contributed by atoms with E-state index in [2.05, 4.69) is 0 Å². The van der Waals surface area contributed by atoms with Crippen molar-refractivity contribution in [1.29, 1.82) is 0 Å². The summed E-state index contributed by atoms with van der Waals surface area (Å²) in [4.78, 5) is 12.4. The predicted molar refractivity (Wildman–Crippen MR) is 98.5 cm³/mol. The molecule has 3 aromatic rings. The van der Waals surface area contributed by atoms with Crippen LogP contribution in [-0.2, 0) is 6.42 Å². The molecule has 126 valence electrons. The molecule has 0 aliphatic carbocycles. The summed E-state index contributed by atoms with van der Waals surface area (Å²) < 4.78 is 10.9. The van der Waals surface area contributed by atoms with Crippen LogP contribution in [0.15, 0.2) is 78.9 Å². The highest BCUT2D eigenvalue weighted by atomic mass is 16.5. The first-order valence-electron chi connectivity index (χ1n) is 8.22. The van der Waals surface area contributed by atoms with E-state index < -0.39 is 0 Å². The second-order valence-corrected chi connectivity index (χ2v) is 5.67. The number of methoxy groups -OCH3 is 1. The van der Waals surface area contributed by atoms with Gasteiger partial charge >= 0.3 is 0 Å². The SMILES string of the molecule is COc1ccc(CCOc2ccc(C(=O)c3ccccc3)cc2)cc1. The number of carbonyl (C=O) groups excluding carboxylic acids is 1. The molecule has 0 saturated heterocycles. The molecule has 25 heavy (non-hydrogen) atoms. The number of carbonyl (C=O) groups is 1. The summed E-state index contributed by atoms with van der Waals surface area (Å²) in [6.07, 6.45) is 0.814. The van der Waals surface area contributed by atoms with E-state index in [0.717, 1.165) is 17.9 Å². The molecule has 0 heterocycles. The Labute approximate surface area is 147 Å². The molecule has 0 aromatic heterocycles. The number of hydrogen-bond acceptors (Lipinski definition) is 3. The Hall–Kier alpha value is -3.07. The largest absolute Gasteiger partial charge is 0.497 e. The van der Waals surface area contributed by atoms with Gasteiger partial charge in [0.05, 0.1) is 13.7 Å². The van der Waals surface area contributed by atoms with Crippen molar-refractivity contribution in [2.24, 2.45) is 0 Å². The van der Waals surface area contributed by atoms with Crippen LogP contribution in [0.5, 0.6) is 11.5 Å². The minimum absolute atomic E-state index is 0.0189. The number of ether oxygens (including phenoxy) is 2. The van der Waals surface area contributed by atoms with Gasteiger partial charge in [-0.2, -0.15) is 0 Å². The summed E-state index contributed by atoms with van der Waals surface area (Å²) in [6.45, 7) is 0.582. The van der Waals surface area contributed by atoms with Gasteiger partial charge in [-0.3, -0.25) is 4.79 Å². The fourth-order valence-electron chi connectivity index (χ4n) is 2.54. The molecule has 0 N–H and O–H groups in total. The van der Waals surface area contributed by atoms with Gasteiger partial charge < -0.3 is 9.47 Å². The molecular weight excluding hydrogens is 312 g/mol. The molecule has 0 aliphatic rings. The molecule has 3 rings (SSSR count). The van der Waals surface area contributed by atoms with Crippen LogP contribution >= 0.6 is 0 Å². The molecule has 0 amide bonds. The lowest BCUT2D eigenvalue weighted by Gasteiger charge is -2.08. The maximum Gasteiger partial charge on any atom is 0.193 e. The average Bonchev–Trinajstić information content (AvgIpc) is 2.69. The van der Waals surface area contributed by atoms with Crippen molar-refractivity contribution in [3.8, 4) is 11.5 Å². The maximum absolute atomic E-state index is 12.4. The van der Waals surface area contributed by atoms with E-state index in [9.17, 15) is 4.79 Å². The highest BCUT2D eigenvalue weighted by molar-refractivity contribution is 6.08. The van der Waals surface area contributed by atoms with Crippen LogP contribution in [-0.4, -0.2) is 19.5 Å². The minimum atomic E-state index is 0.0189. The van der Waals surface area contributed by atoms with Crippen LogP contribution in [0.3, 0.4) is 0 Å². The van der Waals surface area contributed by atoms with Gasteiger partial charge in [0, 0.05) is 17.5 Å². The summed E-state index contributed by atoms with van der Waals surface area (Å²) in [6, 6.07) is 24.5. The van der Waals surface area contributed by atoms with E-state index in [1.54, 1.807) is 19.2 Å². The molecule has 0 spiro atoms. The van der Waals surface area contributed by atoms with Crippen molar-refractivity contribution in [3.63, 3.8) is 0 Å². The lowest BCUT2D eigenvalue weighted by atomic mass is 10.0. The molecule has 0 saturated carbocycles. The van der Waals surface area contributed by atoms with Crippen LogP contribution in [0, 0.1) is 0 Å². The molecule has 0 bridgehead atoms. The summed E-state index contributed by atoms with van der Waals surface area (Å²) in [5.74, 6) is 1.63. The molecule has 0 radical (unpaired) electrons. The van der Waals surface area contributed by atoms with E-state index >= 15 is 0 Å². The molecular formula is C22H20O3. The monoisotopic (exact) mass is 332 g/mol. The summed E-state index contributed by atoms with van der Waals surface area (Å²) in [5.41, 5.74) is 2.54. The maximum atomic E-state index is 12.4. The Morgan fingerprint density at radius 3 is 2.00 bits per heavy atom. The van der Waals surface area contributed by atoms with E-state index in [1.165, 1.54) is 5.56 Å². The lowest BCUT2D eigenvalue weighted by molar-refractivity contribution is 0.103. The van der Waals surface area contributed by atoms with Crippen molar-refractivity contribution in [1.82, 2.24) is 0 Å². The van der Waals surface area contributed by atoms with Crippen molar-refractivity contribution in [2.75, 3.05) is 13.7 Å². The normalized spacial score (nSPS) is 10.3. The van der Waals surface area contributed by atoms with Crippen molar-refractivity contribution >= 4 is 5.78 Å². The summed E-state index contributed by atoms with van der Waals surface area (Å²) in [5, 5.41) is 0. The quantitative estimate of drug-likeness (QED) is 0.596. The van der Waals surface area contributed by atoms with E-state index in [-0.39, 0.29) is 5.78 Å². The summed E-state index contributed by atoms with van der Waals surface area (Å²) >= 11 is 0. The van der Waals surface area contributed by atoms with Crippen molar-refractivity contribution < 1.29 is 14.3 Å². The zero-order valence-electron chi connectivity index (χ0n) is 14.1. The van der Waals surface area contributed by atoms with Crippen LogP contribution < -0.4 is 9.47 Å². The van der Waals surface area contributed by atoms with Crippen LogP contribution in [0.25, 0.3) is 0 Å². The standard InChI is InChI=1S/C22H20O3/c1-24-20-11-7-17(8-12-20)15-16-25-21-13-9-19(10-14-21)22(23)18-5-3-2-4-6-18/h2-14H,15-16H2,1H3. The Morgan fingerprint density at radius 2 is 1.36 bits per heavy atom. The average molecular weight is 332 g/mol. The Bertz CT molecular complexity index is 806. The fourth-order valence-corrected chi connectivity index (χ4v) is 2.54. The van der Waals surface area contributed by atoms with Crippen LogP contribution in [0.2, 0.25) is 0 Å². The van der Waals surface area contributed by atoms with Crippen LogP contribution in [0.1, 0.15) is 21.5 Å². The Kier molecular flexibility index (Phi) is 5.47. The zero-order valence-corrected chi connectivity index (χ0v) is 14.1. The smallest absolute Gasteiger partial charge is 0.193 e. The zero-order chi connectivity index (χ0) is 17.5. The number of rotatable bonds is 7. The summed E-state index contributed by atoms with van der Waals surface area (Å²) in [7, 11) is 1.66.